The van der Waals surface area contributed by atoms with Gasteiger partial charge in [-0.2, -0.15) is 13.2 Å². The van der Waals surface area contributed by atoms with Gasteiger partial charge in [-0.15, -0.1) is 0 Å². The van der Waals surface area contributed by atoms with Gasteiger partial charge in [0.1, 0.15) is 5.84 Å². The summed E-state index contributed by atoms with van der Waals surface area (Å²) in [5.41, 5.74) is 5.17. The summed E-state index contributed by atoms with van der Waals surface area (Å²) < 4.78 is 36.2. The van der Waals surface area contributed by atoms with E-state index in [0.717, 1.165) is 0 Å². The van der Waals surface area contributed by atoms with Crippen LogP contribution in [0, 0.1) is 0 Å². The number of oxime groups is 1. The van der Waals surface area contributed by atoms with Gasteiger partial charge in [0.2, 0.25) is 0 Å². The third-order valence-electron chi connectivity index (χ3n) is 1.76. The van der Waals surface area contributed by atoms with Gasteiger partial charge in [0.25, 0.3) is 0 Å². The average molecular weight is 227 g/mol. The van der Waals surface area contributed by atoms with Gasteiger partial charge in [-0.1, -0.05) is 12.1 Å². The summed E-state index contributed by atoms with van der Waals surface area (Å²) in [6.07, 6.45) is -3.45. The molecule has 15 heavy (non-hydrogen) atoms. The van der Waals surface area contributed by atoms with Crippen LogP contribution in [0.5, 0.6) is 0 Å². The first-order valence-corrected chi connectivity index (χ1v) is 4.64. The molecule has 0 bridgehead atoms. The molecule has 0 aliphatic carbocycles. The molecular weight excluding hydrogens is 211 g/mol. The molecule has 0 aromatic rings. The molecule has 0 aliphatic rings. The van der Waals surface area contributed by atoms with Crippen molar-refractivity contribution in [3.8, 4) is 0 Å². The highest BCUT2D eigenvalue weighted by molar-refractivity contribution is 5.79. The zero-order valence-electron chi connectivity index (χ0n) is 8.59. The molecule has 0 atom stereocenters. The lowest BCUT2D eigenvalue weighted by Crippen LogP contribution is -2.36. The fourth-order valence-corrected chi connectivity index (χ4v) is 1.16. The minimum absolute atomic E-state index is 0.0572. The zero-order valence-corrected chi connectivity index (χ0v) is 8.59. The molecule has 0 rings (SSSR count). The fraction of sp³-hybridized carbons (Fsp3) is 0.875. The number of halogens is 3. The van der Waals surface area contributed by atoms with Crippen LogP contribution in [0.3, 0.4) is 0 Å². The molecule has 7 heteroatoms. The second-order valence-corrected chi connectivity index (χ2v) is 3.23. The van der Waals surface area contributed by atoms with Crippen LogP contribution in [0.2, 0.25) is 0 Å². The fourth-order valence-electron chi connectivity index (χ4n) is 1.16. The van der Waals surface area contributed by atoms with E-state index in [0.29, 0.717) is 13.0 Å². The van der Waals surface area contributed by atoms with E-state index in [2.05, 4.69) is 5.16 Å². The van der Waals surface area contributed by atoms with Crippen LogP contribution in [-0.2, 0) is 0 Å². The Balaban J connectivity index is 4.04. The first-order valence-electron chi connectivity index (χ1n) is 4.64. The maximum Gasteiger partial charge on any atom is 0.401 e. The molecule has 0 aromatic heterocycles. The minimum atomic E-state index is -4.21. The smallest absolute Gasteiger partial charge is 0.401 e. The Bertz CT molecular complexity index is 206. The number of hydrogen-bond donors (Lipinski definition) is 2. The van der Waals surface area contributed by atoms with Crippen molar-refractivity contribution in [1.82, 2.24) is 4.90 Å². The third-order valence-corrected chi connectivity index (χ3v) is 1.76. The molecule has 0 saturated carbocycles. The average Bonchev–Trinajstić information content (AvgIpc) is 2.11. The van der Waals surface area contributed by atoms with E-state index in [4.69, 9.17) is 10.9 Å². The number of nitrogens with zero attached hydrogens (tertiary/aromatic N) is 2. The van der Waals surface area contributed by atoms with E-state index < -0.39 is 12.7 Å². The van der Waals surface area contributed by atoms with Crippen molar-refractivity contribution in [3.05, 3.63) is 0 Å². The van der Waals surface area contributed by atoms with Crippen LogP contribution >= 0.6 is 0 Å². The van der Waals surface area contributed by atoms with Gasteiger partial charge >= 0.3 is 6.18 Å². The molecule has 0 aliphatic heterocycles. The summed E-state index contributed by atoms with van der Waals surface area (Å²) in [4.78, 5) is 1.23. The quantitative estimate of drug-likeness (QED) is 0.312. The predicted octanol–water partition coefficient (Wildman–Crippen LogP) is 1.40. The summed E-state index contributed by atoms with van der Waals surface area (Å²) in [7, 11) is 0. The van der Waals surface area contributed by atoms with Crippen molar-refractivity contribution < 1.29 is 18.4 Å². The van der Waals surface area contributed by atoms with Crippen molar-refractivity contribution >= 4 is 5.84 Å². The first-order chi connectivity index (χ1) is 6.89. The van der Waals surface area contributed by atoms with Crippen LogP contribution in [0.25, 0.3) is 0 Å². The molecule has 0 saturated heterocycles. The van der Waals surface area contributed by atoms with E-state index in [1.54, 1.807) is 6.92 Å². The van der Waals surface area contributed by atoms with E-state index in [1.165, 1.54) is 4.90 Å². The molecule has 4 nitrogen and oxygen atoms in total. The highest BCUT2D eigenvalue weighted by Crippen LogP contribution is 2.16. The number of amidine groups is 1. The molecule has 0 fully saturated rings. The van der Waals surface area contributed by atoms with Gasteiger partial charge < -0.3 is 10.9 Å². The molecule has 0 heterocycles. The molecule has 0 unspecified atom stereocenters. The van der Waals surface area contributed by atoms with Gasteiger partial charge in [0.05, 0.1) is 6.54 Å². The van der Waals surface area contributed by atoms with Crippen LogP contribution in [0.15, 0.2) is 5.16 Å². The Morgan fingerprint density at radius 1 is 1.40 bits per heavy atom. The van der Waals surface area contributed by atoms with Crippen molar-refractivity contribution in [1.29, 1.82) is 0 Å². The van der Waals surface area contributed by atoms with Gasteiger partial charge in [-0.3, -0.25) is 4.90 Å². The Morgan fingerprint density at radius 2 is 2.00 bits per heavy atom. The van der Waals surface area contributed by atoms with Gasteiger partial charge in [-0.25, -0.2) is 0 Å². The lowest BCUT2D eigenvalue weighted by atomic mass is 10.3. The van der Waals surface area contributed by atoms with Crippen LogP contribution in [0.1, 0.15) is 19.8 Å². The first kappa shape index (κ1) is 14.0. The van der Waals surface area contributed by atoms with Crippen LogP contribution in [0.4, 0.5) is 13.2 Å². The van der Waals surface area contributed by atoms with Crippen molar-refractivity contribution in [2.75, 3.05) is 19.6 Å². The third kappa shape index (κ3) is 8.04. The normalized spacial score (nSPS) is 13.5. The number of alkyl halides is 3. The Hall–Kier alpha value is -0.980. The van der Waals surface area contributed by atoms with Crippen LogP contribution < -0.4 is 5.73 Å². The van der Waals surface area contributed by atoms with E-state index in [9.17, 15) is 13.2 Å². The topological polar surface area (TPSA) is 61.8 Å². The predicted molar refractivity (Wildman–Crippen MR) is 50.8 cm³/mol. The SMILES string of the molecule is CCCN(CCC(N)=NO)CC(F)(F)F. The largest absolute Gasteiger partial charge is 0.409 e. The Morgan fingerprint density at radius 3 is 2.40 bits per heavy atom. The summed E-state index contributed by atoms with van der Waals surface area (Å²) >= 11 is 0. The van der Waals surface area contributed by atoms with Crippen molar-refractivity contribution in [2.45, 2.75) is 25.9 Å². The number of hydrogen-bond acceptors (Lipinski definition) is 3. The summed E-state index contributed by atoms with van der Waals surface area (Å²) in [5.74, 6) is -0.0572. The second kappa shape index (κ2) is 6.49. The van der Waals surface area contributed by atoms with Gasteiger partial charge in [0.15, 0.2) is 0 Å². The van der Waals surface area contributed by atoms with E-state index in [-0.39, 0.29) is 18.8 Å². The molecule has 0 radical (unpaired) electrons. The molecule has 0 aromatic carbocycles. The number of rotatable bonds is 6. The maximum atomic E-state index is 12.1. The Kier molecular flexibility index (Phi) is 6.07. The summed E-state index contributed by atoms with van der Waals surface area (Å²) in [5, 5.41) is 10.9. The molecular formula is C8H16F3N3O. The van der Waals surface area contributed by atoms with E-state index >= 15 is 0 Å². The van der Waals surface area contributed by atoms with Gasteiger partial charge in [0, 0.05) is 13.0 Å². The van der Waals surface area contributed by atoms with Gasteiger partial charge in [-0.05, 0) is 13.0 Å². The molecule has 3 N–H and O–H groups in total. The Labute approximate surface area is 86.5 Å². The van der Waals surface area contributed by atoms with E-state index in [1.807, 2.05) is 0 Å². The maximum absolute atomic E-state index is 12.1. The van der Waals surface area contributed by atoms with Crippen LogP contribution in [-0.4, -0.2) is 41.8 Å². The molecule has 0 spiro atoms. The highest BCUT2D eigenvalue weighted by atomic mass is 19.4. The standard InChI is InChI=1S/C8H16F3N3O/c1-2-4-14(6-8(9,10)11)5-3-7(12)13-15/h15H,2-6H2,1H3,(H2,12,13). The molecule has 90 valence electrons. The molecule has 0 amide bonds. The lowest BCUT2D eigenvalue weighted by Gasteiger charge is -2.22. The monoisotopic (exact) mass is 227 g/mol. The number of nitrogens with two attached hydrogens (primary N) is 1. The van der Waals surface area contributed by atoms with Crippen molar-refractivity contribution in [3.63, 3.8) is 0 Å². The zero-order chi connectivity index (χ0) is 11.9. The summed E-state index contributed by atoms with van der Waals surface area (Å²) in [6, 6.07) is 0. The summed E-state index contributed by atoms with van der Waals surface area (Å²) in [6.45, 7) is 1.33. The second-order valence-electron chi connectivity index (χ2n) is 3.23. The highest BCUT2D eigenvalue weighted by Gasteiger charge is 2.30. The minimum Gasteiger partial charge on any atom is -0.409 e. The van der Waals surface area contributed by atoms with Crippen molar-refractivity contribution in [2.24, 2.45) is 10.9 Å². The lowest BCUT2D eigenvalue weighted by molar-refractivity contribution is -0.145.